The number of amides is 2. The van der Waals surface area contributed by atoms with E-state index in [1.807, 2.05) is 13.0 Å². The van der Waals surface area contributed by atoms with Crippen LogP contribution in [0.3, 0.4) is 0 Å². The van der Waals surface area contributed by atoms with Gasteiger partial charge < -0.3 is 15.0 Å². The van der Waals surface area contributed by atoms with E-state index in [4.69, 9.17) is 21.3 Å². The zero-order valence-electron chi connectivity index (χ0n) is 35.7. The maximum Gasteiger partial charge on any atom is 0.329 e. The maximum absolute atomic E-state index is 13.8. The summed E-state index contributed by atoms with van der Waals surface area (Å²) < 4.78 is 40.1. The lowest BCUT2D eigenvalue weighted by Gasteiger charge is -2.33. The lowest BCUT2D eigenvalue weighted by Crippen LogP contribution is -2.44. The van der Waals surface area contributed by atoms with E-state index in [1.54, 1.807) is 50.9 Å². The van der Waals surface area contributed by atoms with E-state index in [9.17, 15) is 27.6 Å². The summed E-state index contributed by atoms with van der Waals surface area (Å²) in [5.41, 5.74) is 4.09. The molecule has 3 saturated heterocycles. The summed E-state index contributed by atoms with van der Waals surface area (Å²) in [7, 11) is -1.99. The SMILES string of the molecule is Cc1cc(S(=O)(=O)N2CCC(OCCCN3CCC(c4ccc5c(c4)n(C)c(=O)n5C4CCC(=O)NC4=O)CC3)CC2)ccc1Nc1ncc2cc(Cl)c(=O)n(C3CCCC3)c2n1. The Kier molecular flexibility index (Phi) is 12.3. The van der Waals surface area contributed by atoms with Crippen molar-refractivity contribution in [2.75, 3.05) is 44.6 Å². The minimum absolute atomic E-state index is 0.00857. The third kappa shape index (κ3) is 8.69. The second-order valence-corrected chi connectivity index (χ2v) is 19.9. The quantitative estimate of drug-likeness (QED) is 0.116. The van der Waals surface area contributed by atoms with Crippen LogP contribution in [-0.4, -0.2) is 98.5 Å². The van der Waals surface area contributed by atoms with E-state index in [-0.39, 0.29) is 45.6 Å². The Balaban J connectivity index is 0.731. The fourth-order valence-corrected chi connectivity index (χ4v) is 11.7. The Labute approximate surface area is 370 Å². The number of nitrogens with one attached hydrogen (secondary N) is 2. The van der Waals surface area contributed by atoms with Gasteiger partial charge in [-0.2, -0.15) is 9.29 Å². The zero-order chi connectivity index (χ0) is 44.0. The second-order valence-electron chi connectivity index (χ2n) is 17.6. The summed E-state index contributed by atoms with van der Waals surface area (Å²) in [5, 5.41) is 6.43. The van der Waals surface area contributed by atoms with Crippen molar-refractivity contribution in [2.24, 2.45) is 7.05 Å². The molecule has 1 atom stereocenters. The number of pyridine rings is 1. The van der Waals surface area contributed by atoms with Gasteiger partial charge >= 0.3 is 5.69 Å². The molecule has 4 aliphatic rings. The number of anilines is 2. The molecule has 63 heavy (non-hydrogen) atoms. The number of fused-ring (bicyclic) bond motifs is 2. The highest BCUT2D eigenvalue weighted by molar-refractivity contribution is 7.89. The molecule has 3 aromatic heterocycles. The number of rotatable bonds is 12. The number of sulfonamides is 1. The number of imide groups is 1. The first-order chi connectivity index (χ1) is 30.3. The smallest absolute Gasteiger partial charge is 0.329 e. The molecular formula is C45H54ClN9O7S. The average molecular weight is 901 g/mol. The number of piperidine rings is 3. The van der Waals surface area contributed by atoms with Crippen LogP contribution in [0.25, 0.3) is 22.1 Å². The minimum atomic E-state index is -3.72. The molecule has 6 heterocycles. The Morgan fingerprint density at radius 2 is 1.65 bits per heavy atom. The van der Waals surface area contributed by atoms with Crippen LogP contribution in [0.1, 0.15) is 99.8 Å². The molecule has 2 amide bonds. The summed E-state index contributed by atoms with van der Waals surface area (Å²) in [6.45, 7) is 6.09. The van der Waals surface area contributed by atoms with E-state index in [0.717, 1.165) is 75.7 Å². The number of hydrogen-bond donors (Lipinski definition) is 2. The van der Waals surface area contributed by atoms with Gasteiger partial charge in [0.05, 0.1) is 22.0 Å². The highest BCUT2D eigenvalue weighted by Gasteiger charge is 2.33. The van der Waals surface area contributed by atoms with Gasteiger partial charge in [-0.3, -0.25) is 33.4 Å². The highest BCUT2D eigenvalue weighted by atomic mass is 35.5. The number of halogens is 1. The summed E-state index contributed by atoms with van der Waals surface area (Å²) in [6.07, 6.45) is 10.2. The van der Waals surface area contributed by atoms with Crippen LogP contribution in [0, 0.1) is 6.92 Å². The van der Waals surface area contributed by atoms with Crippen LogP contribution in [-0.2, 0) is 31.4 Å². The van der Waals surface area contributed by atoms with E-state index in [1.165, 1.54) is 10.1 Å². The number of ether oxygens (including phenoxy) is 1. The molecule has 0 bridgehead atoms. The number of imidazole rings is 1. The normalized spacial score (nSPS) is 20.3. The summed E-state index contributed by atoms with van der Waals surface area (Å²) >= 11 is 6.30. The van der Waals surface area contributed by atoms with Crippen LogP contribution in [0.4, 0.5) is 11.6 Å². The van der Waals surface area contributed by atoms with Gasteiger partial charge in [-0.15, -0.1) is 0 Å². The molecule has 334 valence electrons. The van der Waals surface area contributed by atoms with Crippen molar-refractivity contribution in [2.45, 2.75) is 107 Å². The van der Waals surface area contributed by atoms with Gasteiger partial charge in [-0.1, -0.05) is 30.5 Å². The zero-order valence-corrected chi connectivity index (χ0v) is 37.3. The molecule has 9 rings (SSSR count). The lowest BCUT2D eigenvalue weighted by molar-refractivity contribution is -0.135. The first kappa shape index (κ1) is 43.3. The van der Waals surface area contributed by atoms with Crippen LogP contribution in [0.15, 0.2) is 63.1 Å². The summed E-state index contributed by atoms with van der Waals surface area (Å²) in [5.74, 6) is -0.0619. The predicted molar refractivity (Wildman–Crippen MR) is 240 cm³/mol. The van der Waals surface area contributed by atoms with Gasteiger partial charge in [0.1, 0.15) is 16.7 Å². The highest BCUT2D eigenvalue weighted by Crippen LogP contribution is 2.34. The van der Waals surface area contributed by atoms with Crippen molar-refractivity contribution in [1.82, 2.24) is 38.2 Å². The molecule has 18 heteroatoms. The van der Waals surface area contributed by atoms with Crippen molar-refractivity contribution < 1.29 is 22.7 Å². The second kappa shape index (κ2) is 17.9. The number of carbonyl (C=O) groups is 2. The van der Waals surface area contributed by atoms with Gasteiger partial charge in [0.25, 0.3) is 5.56 Å². The third-order valence-electron chi connectivity index (χ3n) is 13.6. The molecule has 1 unspecified atom stereocenters. The van der Waals surface area contributed by atoms with Crippen molar-refractivity contribution >= 4 is 67.1 Å². The van der Waals surface area contributed by atoms with E-state index >= 15 is 0 Å². The topological polar surface area (TPSA) is 183 Å². The van der Waals surface area contributed by atoms with Crippen molar-refractivity contribution in [3.63, 3.8) is 0 Å². The third-order valence-corrected chi connectivity index (χ3v) is 15.7. The van der Waals surface area contributed by atoms with Crippen molar-refractivity contribution in [1.29, 1.82) is 0 Å². The van der Waals surface area contributed by atoms with Gasteiger partial charge in [0, 0.05) is 63.0 Å². The largest absolute Gasteiger partial charge is 0.378 e. The number of hydrogen-bond acceptors (Lipinski definition) is 11. The lowest BCUT2D eigenvalue weighted by atomic mass is 9.89. The monoisotopic (exact) mass is 899 g/mol. The number of likely N-dealkylation sites (tertiary alicyclic amines) is 1. The minimum Gasteiger partial charge on any atom is -0.378 e. The van der Waals surface area contributed by atoms with Crippen LogP contribution in [0.2, 0.25) is 5.02 Å². The maximum atomic E-state index is 13.8. The molecule has 16 nitrogen and oxygen atoms in total. The Morgan fingerprint density at radius 1 is 0.889 bits per heavy atom. The molecule has 4 fully saturated rings. The molecule has 0 spiro atoms. The van der Waals surface area contributed by atoms with Gasteiger partial charge in [-0.05, 0) is 125 Å². The fraction of sp³-hybridized carbons (Fsp3) is 0.511. The molecule has 5 aromatic rings. The van der Waals surface area contributed by atoms with Gasteiger partial charge in [0.15, 0.2) is 0 Å². The number of nitrogens with zero attached hydrogens (tertiary/aromatic N) is 7. The molecule has 2 aromatic carbocycles. The van der Waals surface area contributed by atoms with Crippen LogP contribution >= 0.6 is 11.6 Å². The number of carbonyl (C=O) groups excluding carboxylic acids is 2. The fourth-order valence-electron chi connectivity index (χ4n) is 9.99. The molecule has 0 radical (unpaired) electrons. The predicted octanol–water partition coefficient (Wildman–Crippen LogP) is 5.68. The molecule has 1 saturated carbocycles. The Bertz CT molecular complexity index is 2800. The summed E-state index contributed by atoms with van der Waals surface area (Å²) in [4.78, 5) is 62.4. The molecule has 2 N–H and O–H groups in total. The molecular weight excluding hydrogens is 846 g/mol. The van der Waals surface area contributed by atoms with Gasteiger partial charge in [-0.25, -0.2) is 18.2 Å². The van der Waals surface area contributed by atoms with Crippen LogP contribution < -0.4 is 21.9 Å². The number of aromatic nitrogens is 5. The van der Waals surface area contributed by atoms with E-state index in [0.29, 0.717) is 73.1 Å². The first-order valence-electron chi connectivity index (χ1n) is 22.2. The standard InChI is InChI=1S/C45H54ClN9O7S/c1-28-24-34(9-10-36(28)48-44-47-27-31-25-35(46)43(58)54(41(31)50-44)32-6-3-4-7-32)63(60,61)53-21-16-33(17-22-53)62-23-5-18-52-19-14-29(15-20-52)30-8-11-37-39(26-30)51(2)45(59)55(37)38-12-13-40(56)49-42(38)57/h8-11,24-27,29,32-33,38H,3-7,12-23H2,1-2H3,(H,47,48,50)(H,49,56,57). The Hall–Kier alpha value is -4.94. The Morgan fingerprint density at radius 3 is 2.38 bits per heavy atom. The van der Waals surface area contributed by atoms with Crippen LogP contribution in [0.5, 0.6) is 0 Å². The van der Waals surface area contributed by atoms with Gasteiger partial charge in [0.2, 0.25) is 27.8 Å². The molecule has 1 aliphatic carbocycles. The van der Waals surface area contributed by atoms with Crippen molar-refractivity contribution in [3.8, 4) is 0 Å². The number of benzene rings is 2. The summed E-state index contributed by atoms with van der Waals surface area (Å²) in [6, 6.07) is 12.0. The number of aryl methyl sites for hydroxylation is 2. The van der Waals surface area contributed by atoms with Crippen molar-refractivity contribution in [3.05, 3.63) is 85.6 Å². The first-order valence-corrected chi connectivity index (χ1v) is 24.0. The van der Waals surface area contributed by atoms with E-state index in [2.05, 4.69) is 32.7 Å². The molecule has 3 aliphatic heterocycles. The average Bonchev–Trinajstić information content (AvgIpc) is 3.90. The van der Waals surface area contributed by atoms with E-state index < -0.39 is 22.0 Å².